The SMILES string of the molecule is CCCCCC/C=C\C/C=C\CCCCCCCCCC(=O)OC(COCCCCCCCCCCCC/C=C\C/C=C\CCCCCCC)COC1OC(CO)C(O)C(O)C1O. The van der Waals surface area contributed by atoms with E-state index in [4.69, 9.17) is 18.9 Å². The van der Waals surface area contributed by atoms with Crippen molar-refractivity contribution in [2.75, 3.05) is 26.4 Å². The summed E-state index contributed by atoms with van der Waals surface area (Å²) in [5, 5.41) is 40.3. The van der Waals surface area contributed by atoms with Crippen molar-refractivity contribution < 1.29 is 44.2 Å². The van der Waals surface area contributed by atoms with E-state index in [0.29, 0.717) is 13.0 Å². The first kappa shape index (κ1) is 59.2. The largest absolute Gasteiger partial charge is 0.457 e. The Morgan fingerprint density at radius 3 is 1.38 bits per heavy atom. The van der Waals surface area contributed by atoms with Gasteiger partial charge in [-0.15, -0.1) is 0 Å². The highest BCUT2D eigenvalue weighted by Crippen LogP contribution is 2.23. The number of hydrogen-bond donors (Lipinski definition) is 4. The highest BCUT2D eigenvalue weighted by molar-refractivity contribution is 5.69. The molecule has 9 nitrogen and oxygen atoms in total. The van der Waals surface area contributed by atoms with Crippen molar-refractivity contribution in [3.8, 4) is 0 Å². The van der Waals surface area contributed by atoms with Gasteiger partial charge in [0.1, 0.15) is 30.5 Å². The molecule has 1 aliphatic rings. The van der Waals surface area contributed by atoms with Gasteiger partial charge in [-0.3, -0.25) is 4.79 Å². The first-order chi connectivity index (χ1) is 30.9. The van der Waals surface area contributed by atoms with Crippen LogP contribution in [-0.4, -0.2) is 89.6 Å². The Morgan fingerprint density at radius 2 is 0.921 bits per heavy atom. The monoisotopic (exact) mass is 891 g/mol. The second-order valence-electron chi connectivity index (χ2n) is 18.0. The van der Waals surface area contributed by atoms with Crippen molar-refractivity contribution in [3.63, 3.8) is 0 Å². The van der Waals surface area contributed by atoms with Gasteiger partial charge in [-0.05, 0) is 77.0 Å². The van der Waals surface area contributed by atoms with Gasteiger partial charge >= 0.3 is 5.97 Å². The van der Waals surface area contributed by atoms with Gasteiger partial charge in [-0.2, -0.15) is 0 Å². The summed E-state index contributed by atoms with van der Waals surface area (Å²) >= 11 is 0. The molecule has 0 aromatic carbocycles. The lowest BCUT2D eigenvalue weighted by Gasteiger charge is -2.39. The number of unbranched alkanes of at least 4 members (excludes halogenated alkanes) is 26. The van der Waals surface area contributed by atoms with Crippen molar-refractivity contribution >= 4 is 5.97 Å². The predicted octanol–water partition coefficient (Wildman–Crippen LogP) is 12.9. The molecule has 0 aliphatic carbocycles. The van der Waals surface area contributed by atoms with Gasteiger partial charge in [0.25, 0.3) is 0 Å². The van der Waals surface area contributed by atoms with Crippen LogP contribution in [0.3, 0.4) is 0 Å². The minimum Gasteiger partial charge on any atom is -0.457 e. The summed E-state index contributed by atoms with van der Waals surface area (Å²) in [5.41, 5.74) is 0. The summed E-state index contributed by atoms with van der Waals surface area (Å²) in [6.07, 6.45) is 50.0. The topological polar surface area (TPSA) is 135 Å². The van der Waals surface area contributed by atoms with Gasteiger partial charge in [-0.25, -0.2) is 0 Å². The number of rotatable bonds is 45. The average molecular weight is 891 g/mol. The molecule has 6 atom stereocenters. The van der Waals surface area contributed by atoms with Gasteiger partial charge < -0.3 is 39.4 Å². The first-order valence-electron chi connectivity index (χ1n) is 26.2. The Bertz CT molecular complexity index is 1100. The van der Waals surface area contributed by atoms with E-state index in [2.05, 4.69) is 62.5 Å². The fourth-order valence-electron chi connectivity index (χ4n) is 7.85. The molecular weight excluding hydrogens is 793 g/mol. The van der Waals surface area contributed by atoms with Gasteiger partial charge in [0, 0.05) is 13.0 Å². The van der Waals surface area contributed by atoms with Crippen LogP contribution in [0.2, 0.25) is 0 Å². The standard InChI is InChI=1S/C54H98O9/c1-3-5-7-9-11-13-15-17-19-21-23-24-25-26-28-30-32-34-36-38-40-42-44-60-46-48(47-61-54-53(59)52(58)51(57)49(45-55)63-54)62-50(56)43-41-39-37-35-33-31-29-27-22-20-18-16-14-12-10-8-6-4-2/h14-17,20-23,48-49,51-55,57-59H,3-13,18-19,24-47H2,1-2H3/b16-14-,17-15-,22-20-,23-21-. The molecule has 0 aromatic rings. The third-order valence-corrected chi connectivity index (χ3v) is 12.0. The van der Waals surface area contributed by atoms with E-state index in [0.717, 1.165) is 51.4 Å². The molecule has 0 spiro atoms. The maximum atomic E-state index is 12.8. The number of carbonyl (C=O) groups is 1. The summed E-state index contributed by atoms with van der Waals surface area (Å²) in [6.45, 7) is 4.54. The number of allylic oxidation sites excluding steroid dienone is 8. The predicted molar refractivity (Wildman–Crippen MR) is 261 cm³/mol. The van der Waals surface area contributed by atoms with Crippen molar-refractivity contribution in [2.24, 2.45) is 0 Å². The van der Waals surface area contributed by atoms with Gasteiger partial charge in [-0.1, -0.05) is 191 Å². The first-order valence-corrected chi connectivity index (χ1v) is 26.2. The quantitative estimate of drug-likeness (QED) is 0.0268. The number of ether oxygens (including phenoxy) is 4. The van der Waals surface area contributed by atoms with Crippen LogP contribution in [0.5, 0.6) is 0 Å². The molecule has 1 aliphatic heterocycles. The Kier molecular flexibility index (Phi) is 42.6. The number of hydrogen-bond acceptors (Lipinski definition) is 9. The lowest BCUT2D eigenvalue weighted by atomic mass is 9.99. The molecule has 0 radical (unpaired) electrons. The average Bonchev–Trinajstić information content (AvgIpc) is 3.28. The molecule has 0 bridgehead atoms. The smallest absolute Gasteiger partial charge is 0.306 e. The molecular formula is C54H98O9. The fraction of sp³-hybridized carbons (Fsp3) is 0.833. The highest BCUT2D eigenvalue weighted by Gasteiger charge is 2.44. The van der Waals surface area contributed by atoms with Crippen LogP contribution in [0.4, 0.5) is 0 Å². The van der Waals surface area contributed by atoms with E-state index in [1.54, 1.807) is 0 Å². The second-order valence-corrected chi connectivity index (χ2v) is 18.0. The van der Waals surface area contributed by atoms with Crippen LogP contribution in [-0.2, 0) is 23.7 Å². The summed E-state index contributed by atoms with van der Waals surface area (Å²) in [6, 6.07) is 0. The lowest BCUT2D eigenvalue weighted by Crippen LogP contribution is -2.59. The molecule has 63 heavy (non-hydrogen) atoms. The van der Waals surface area contributed by atoms with Gasteiger partial charge in [0.05, 0.1) is 19.8 Å². The van der Waals surface area contributed by atoms with Crippen molar-refractivity contribution in [1.29, 1.82) is 0 Å². The summed E-state index contributed by atoms with van der Waals surface area (Å²) < 4.78 is 22.9. The Balaban J connectivity index is 2.20. The van der Waals surface area contributed by atoms with E-state index in [1.807, 2.05) is 0 Å². The molecule has 368 valence electrons. The minimum absolute atomic E-state index is 0.118. The maximum absolute atomic E-state index is 12.8. The number of carbonyl (C=O) groups excluding carboxylic acids is 1. The molecule has 0 aromatic heterocycles. The zero-order valence-corrected chi connectivity index (χ0v) is 40.6. The van der Waals surface area contributed by atoms with E-state index in [9.17, 15) is 25.2 Å². The van der Waals surface area contributed by atoms with E-state index >= 15 is 0 Å². The van der Waals surface area contributed by atoms with Crippen LogP contribution < -0.4 is 0 Å². The molecule has 1 heterocycles. The third kappa shape index (κ3) is 36.0. The van der Waals surface area contributed by atoms with Crippen LogP contribution in [0.1, 0.15) is 226 Å². The summed E-state index contributed by atoms with van der Waals surface area (Å²) in [5.74, 6) is -0.321. The third-order valence-electron chi connectivity index (χ3n) is 12.0. The zero-order chi connectivity index (χ0) is 45.7. The molecule has 1 rings (SSSR count). The summed E-state index contributed by atoms with van der Waals surface area (Å²) in [7, 11) is 0. The second kappa shape index (κ2) is 45.3. The van der Waals surface area contributed by atoms with Crippen molar-refractivity contribution in [2.45, 2.75) is 263 Å². The van der Waals surface area contributed by atoms with Crippen LogP contribution >= 0.6 is 0 Å². The number of aliphatic hydroxyl groups excluding tert-OH is 4. The minimum atomic E-state index is -1.54. The molecule has 1 fully saturated rings. The van der Waals surface area contributed by atoms with Gasteiger partial charge in [0.15, 0.2) is 6.29 Å². The molecule has 0 saturated carbocycles. The van der Waals surface area contributed by atoms with Crippen LogP contribution in [0.15, 0.2) is 48.6 Å². The molecule has 1 saturated heterocycles. The molecule has 0 amide bonds. The van der Waals surface area contributed by atoms with Crippen LogP contribution in [0.25, 0.3) is 0 Å². The summed E-state index contributed by atoms with van der Waals surface area (Å²) in [4.78, 5) is 12.8. The zero-order valence-electron chi connectivity index (χ0n) is 40.6. The number of esters is 1. The normalized spacial score (nSPS) is 20.0. The lowest BCUT2D eigenvalue weighted by molar-refractivity contribution is -0.305. The van der Waals surface area contributed by atoms with Gasteiger partial charge in [0.2, 0.25) is 0 Å². The van der Waals surface area contributed by atoms with Crippen LogP contribution in [0, 0.1) is 0 Å². The molecule has 4 N–H and O–H groups in total. The van der Waals surface area contributed by atoms with Crippen molar-refractivity contribution in [3.05, 3.63) is 48.6 Å². The maximum Gasteiger partial charge on any atom is 0.306 e. The molecule has 6 unspecified atom stereocenters. The van der Waals surface area contributed by atoms with E-state index in [-0.39, 0.29) is 19.2 Å². The fourth-order valence-corrected chi connectivity index (χ4v) is 7.85. The molecule has 9 heteroatoms. The highest BCUT2D eigenvalue weighted by atomic mass is 16.7. The number of aliphatic hydroxyl groups is 4. The van der Waals surface area contributed by atoms with E-state index in [1.165, 1.54) is 154 Å². The van der Waals surface area contributed by atoms with E-state index < -0.39 is 43.4 Å². The van der Waals surface area contributed by atoms with Crippen molar-refractivity contribution in [1.82, 2.24) is 0 Å². The Hall–Kier alpha value is -1.85. The Morgan fingerprint density at radius 1 is 0.508 bits per heavy atom. The Labute approximate surface area is 386 Å².